The van der Waals surface area contributed by atoms with Crippen LogP contribution in [0.5, 0.6) is 11.5 Å². The number of carboxylic acid groups (broad SMARTS) is 1. The number of hydrogen-bond acceptors (Lipinski definition) is 3. The van der Waals surface area contributed by atoms with E-state index in [-0.39, 0.29) is 0 Å². The third kappa shape index (κ3) is 2.93. The molecule has 124 valence electrons. The van der Waals surface area contributed by atoms with E-state index in [4.69, 9.17) is 9.47 Å². The van der Waals surface area contributed by atoms with Crippen LogP contribution in [-0.4, -0.2) is 29.4 Å². The molecule has 0 amide bonds. The number of hydrogen-bond donors (Lipinski definition) is 1. The van der Waals surface area contributed by atoms with E-state index in [0.717, 1.165) is 16.5 Å². The molecule has 5 nitrogen and oxygen atoms in total. The molecule has 2 aromatic carbocycles. The Morgan fingerprint density at radius 2 is 1.88 bits per heavy atom. The van der Waals surface area contributed by atoms with Crippen LogP contribution in [0.15, 0.2) is 48.7 Å². The Hall–Kier alpha value is -2.95. The summed E-state index contributed by atoms with van der Waals surface area (Å²) in [6.45, 7) is 2.94. The smallest absolute Gasteiger partial charge is 0.337 e. The van der Waals surface area contributed by atoms with Crippen LogP contribution in [0.2, 0.25) is 0 Å². The number of rotatable bonds is 6. The van der Waals surface area contributed by atoms with Gasteiger partial charge in [0.05, 0.1) is 24.7 Å². The molecule has 0 aliphatic heterocycles. The standard InChI is InChI=1S/C19H19NO4/c1-13-6-5-7-14-15(19(21)22)12-20(18(13)14)10-11-24-17-9-4-3-8-16(17)23-2/h3-9,12H,10-11H2,1-2H3,(H,21,22). The van der Waals surface area contributed by atoms with Gasteiger partial charge in [-0.2, -0.15) is 0 Å². The van der Waals surface area contributed by atoms with Crippen molar-refractivity contribution in [2.45, 2.75) is 13.5 Å². The highest BCUT2D eigenvalue weighted by Crippen LogP contribution is 2.27. The first-order valence-electron chi connectivity index (χ1n) is 7.69. The zero-order chi connectivity index (χ0) is 17.1. The van der Waals surface area contributed by atoms with Crippen LogP contribution in [0.4, 0.5) is 0 Å². The zero-order valence-corrected chi connectivity index (χ0v) is 13.7. The highest BCUT2D eigenvalue weighted by molar-refractivity contribution is 6.04. The van der Waals surface area contributed by atoms with Gasteiger partial charge in [-0.15, -0.1) is 0 Å². The highest BCUT2D eigenvalue weighted by Gasteiger charge is 2.15. The van der Waals surface area contributed by atoms with Gasteiger partial charge in [0.25, 0.3) is 0 Å². The molecule has 0 spiro atoms. The number of benzene rings is 2. The van der Waals surface area contributed by atoms with Crippen molar-refractivity contribution in [1.29, 1.82) is 0 Å². The molecule has 1 heterocycles. The molecule has 0 aliphatic rings. The van der Waals surface area contributed by atoms with Crippen LogP contribution in [0.1, 0.15) is 15.9 Å². The number of methoxy groups -OCH3 is 1. The fourth-order valence-electron chi connectivity index (χ4n) is 2.89. The maximum Gasteiger partial charge on any atom is 0.337 e. The van der Waals surface area contributed by atoms with E-state index in [0.29, 0.717) is 30.2 Å². The summed E-state index contributed by atoms with van der Waals surface area (Å²) in [7, 11) is 1.60. The average molecular weight is 325 g/mol. The number of aromatic nitrogens is 1. The number of aromatic carboxylic acids is 1. The van der Waals surface area contributed by atoms with E-state index in [9.17, 15) is 9.90 Å². The molecule has 0 fully saturated rings. The van der Waals surface area contributed by atoms with Crippen molar-refractivity contribution < 1.29 is 19.4 Å². The Kier molecular flexibility index (Phi) is 4.42. The highest BCUT2D eigenvalue weighted by atomic mass is 16.5. The Morgan fingerprint density at radius 3 is 2.58 bits per heavy atom. The summed E-state index contributed by atoms with van der Waals surface area (Å²) in [5.41, 5.74) is 2.28. The molecule has 0 atom stereocenters. The first-order chi connectivity index (χ1) is 11.6. The summed E-state index contributed by atoms with van der Waals surface area (Å²) in [5.74, 6) is 0.430. The molecular weight excluding hydrogens is 306 g/mol. The van der Waals surface area contributed by atoms with Gasteiger partial charge in [-0.25, -0.2) is 4.79 Å². The monoisotopic (exact) mass is 325 g/mol. The van der Waals surface area contributed by atoms with Gasteiger partial charge >= 0.3 is 5.97 Å². The van der Waals surface area contributed by atoms with Crippen molar-refractivity contribution in [3.8, 4) is 11.5 Å². The fraction of sp³-hybridized carbons (Fsp3) is 0.211. The first kappa shape index (κ1) is 15.9. The number of carboxylic acids is 1. The molecule has 5 heteroatoms. The molecule has 1 N–H and O–H groups in total. The lowest BCUT2D eigenvalue weighted by molar-refractivity contribution is 0.0698. The van der Waals surface area contributed by atoms with Crippen molar-refractivity contribution >= 4 is 16.9 Å². The van der Waals surface area contributed by atoms with Gasteiger partial charge in [-0.3, -0.25) is 0 Å². The Labute approximate surface area is 140 Å². The molecule has 3 aromatic rings. The molecule has 0 unspecified atom stereocenters. The minimum atomic E-state index is -0.921. The van der Waals surface area contributed by atoms with Crippen LogP contribution in [-0.2, 0) is 6.54 Å². The Morgan fingerprint density at radius 1 is 1.12 bits per heavy atom. The van der Waals surface area contributed by atoms with Crippen LogP contribution in [0, 0.1) is 6.92 Å². The van der Waals surface area contributed by atoms with Gasteiger partial charge in [-0.05, 0) is 24.6 Å². The molecule has 1 aromatic heterocycles. The summed E-state index contributed by atoms with van der Waals surface area (Å²) < 4.78 is 13.0. The minimum Gasteiger partial charge on any atom is -0.493 e. The Bertz CT molecular complexity index is 882. The molecule has 0 radical (unpaired) electrons. The van der Waals surface area contributed by atoms with Crippen LogP contribution >= 0.6 is 0 Å². The van der Waals surface area contributed by atoms with E-state index in [1.54, 1.807) is 13.3 Å². The van der Waals surface area contributed by atoms with Crippen molar-refractivity contribution in [3.63, 3.8) is 0 Å². The van der Waals surface area contributed by atoms with Crippen molar-refractivity contribution in [1.82, 2.24) is 4.57 Å². The average Bonchev–Trinajstić information content (AvgIpc) is 2.96. The largest absolute Gasteiger partial charge is 0.493 e. The lowest BCUT2D eigenvalue weighted by Crippen LogP contribution is -2.08. The quantitative estimate of drug-likeness (QED) is 0.750. The summed E-state index contributed by atoms with van der Waals surface area (Å²) >= 11 is 0. The summed E-state index contributed by atoms with van der Waals surface area (Å²) in [6.07, 6.45) is 1.67. The van der Waals surface area contributed by atoms with Crippen molar-refractivity contribution in [2.75, 3.05) is 13.7 Å². The number of fused-ring (bicyclic) bond motifs is 1. The van der Waals surface area contributed by atoms with E-state index in [1.165, 1.54) is 0 Å². The lowest BCUT2D eigenvalue weighted by atomic mass is 10.1. The Balaban J connectivity index is 1.84. The number of ether oxygens (including phenoxy) is 2. The van der Waals surface area contributed by atoms with Gasteiger partial charge in [-0.1, -0.05) is 30.3 Å². The molecule has 0 saturated carbocycles. The molecule has 0 saturated heterocycles. The lowest BCUT2D eigenvalue weighted by Gasteiger charge is -2.12. The van der Waals surface area contributed by atoms with Crippen molar-refractivity contribution in [3.05, 3.63) is 59.8 Å². The van der Waals surface area contributed by atoms with Gasteiger partial charge < -0.3 is 19.1 Å². The molecular formula is C19H19NO4. The predicted molar refractivity (Wildman–Crippen MR) is 92.1 cm³/mol. The van der Waals surface area contributed by atoms with Crippen LogP contribution in [0.25, 0.3) is 10.9 Å². The van der Waals surface area contributed by atoms with E-state index < -0.39 is 5.97 Å². The number of nitrogens with zero attached hydrogens (tertiary/aromatic N) is 1. The normalized spacial score (nSPS) is 10.8. The third-order valence-electron chi connectivity index (χ3n) is 3.99. The topological polar surface area (TPSA) is 60.7 Å². The van der Waals surface area contributed by atoms with Crippen LogP contribution < -0.4 is 9.47 Å². The molecule has 0 aliphatic carbocycles. The molecule has 3 rings (SSSR count). The second-order valence-corrected chi connectivity index (χ2v) is 5.51. The number of para-hydroxylation sites is 3. The SMILES string of the molecule is COc1ccccc1OCCn1cc(C(=O)O)c2cccc(C)c21. The van der Waals surface area contributed by atoms with E-state index in [1.807, 2.05) is 54.0 Å². The fourth-order valence-corrected chi connectivity index (χ4v) is 2.89. The molecule has 24 heavy (non-hydrogen) atoms. The van der Waals surface area contributed by atoms with Gasteiger partial charge in [0.1, 0.15) is 6.61 Å². The van der Waals surface area contributed by atoms with Gasteiger partial charge in [0.15, 0.2) is 11.5 Å². The second kappa shape index (κ2) is 6.66. The number of aryl methyl sites for hydroxylation is 1. The van der Waals surface area contributed by atoms with Crippen LogP contribution in [0.3, 0.4) is 0 Å². The second-order valence-electron chi connectivity index (χ2n) is 5.51. The van der Waals surface area contributed by atoms with Crippen molar-refractivity contribution in [2.24, 2.45) is 0 Å². The van der Waals surface area contributed by atoms with E-state index >= 15 is 0 Å². The van der Waals surface area contributed by atoms with Gasteiger partial charge in [0.2, 0.25) is 0 Å². The summed E-state index contributed by atoms with van der Waals surface area (Å²) in [4.78, 5) is 11.5. The predicted octanol–water partition coefficient (Wildman–Crippen LogP) is 3.74. The maximum atomic E-state index is 11.5. The number of carbonyl (C=O) groups is 1. The maximum absolute atomic E-state index is 11.5. The third-order valence-corrected chi connectivity index (χ3v) is 3.99. The molecule has 0 bridgehead atoms. The minimum absolute atomic E-state index is 0.311. The zero-order valence-electron chi connectivity index (χ0n) is 13.7. The first-order valence-corrected chi connectivity index (χ1v) is 7.69. The van der Waals surface area contributed by atoms with E-state index in [2.05, 4.69) is 0 Å². The van der Waals surface area contributed by atoms with Gasteiger partial charge in [0, 0.05) is 11.6 Å². The summed E-state index contributed by atoms with van der Waals surface area (Å²) in [5, 5.41) is 10.1. The summed E-state index contributed by atoms with van der Waals surface area (Å²) in [6, 6.07) is 13.1.